The Morgan fingerprint density at radius 3 is 2.00 bits per heavy atom. The summed E-state index contributed by atoms with van der Waals surface area (Å²) in [6, 6.07) is 0.648. The molecule has 0 fully saturated rings. The van der Waals surface area contributed by atoms with Gasteiger partial charge in [0.25, 0.3) is 0 Å². The topological polar surface area (TPSA) is 32.1 Å². The second-order valence-corrected chi connectivity index (χ2v) is 2.94. The van der Waals surface area contributed by atoms with Crippen LogP contribution >= 0.6 is 0 Å². The SMILES string of the molecule is CC[C@H]([NH3+])C[NH+](CC)CC. The van der Waals surface area contributed by atoms with Crippen molar-refractivity contribution in [3.8, 4) is 0 Å². The molecule has 0 saturated carbocycles. The van der Waals surface area contributed by atoms with E-state index in [0.717, 1.165) is 0 Å². The van der Waals surface area contributed by atoms with Gasteiger partial charge < -0.3 is 10.6 Å². The molecule has 0 aromatic rings. The standard InChI is InChI=1S/C8H20N2/c1-4-8(9)7-10(5-2)6-3/h8H,4-7,9H2,1-3H3/p+2/t8-/m0/s1. The van der Waals surface area contributed by atoms with Crippen molar-refractivity contribution >= 4 is 0 Å². The molecule has 10 heavy (non-hydrogen) atoms. The first-order chi connectivity index (χ1) is 4.74. The minimum Gasteiger partial charge on any atom is -0.350 e. The van der Waals surface area contributed by atoms with E-state index in [-0.39, 0.29) is 0 Å². The van der Waals surface area contributed by atoms with E-state index >= 15 is 0 Å². The fourth-order valence-corrected chi connectivity index (χ4v) is 1.09. The van der Waals surface area contributed by atoms with Crippen molar-refractivity contribution in [3.05, 3.63) is 0 Å². The Morgan fingerprint density at radius 1 is 1.20 bits per heavy atom. The third kappa shape index (κ3) is 3.85. The average molecular weight is 146 g/mol. The van der Waals surface area contributed by atoms with E-state index in [1.807, 2.05) is 0 Å². The van der Waals surface area contributed by atoms with Gasteiger partial charge in [0.05, 0.1) is 13.1 Å². The van der Waals surface area contributed by atoms with Crippen molar-refractivity contribution in [2.24, 2.45) is 0 Å². The van der Waals surface area contributed by atoms with Crippen LogP contribution in [-0.4, -0.2) is 25.7 Å². The van der Waals surface area contributed by atoms with Crippen LogP contribution in [0.2, 0.25) is 0 Å². The Labute approximate surface area is 64.4 Å². The van der Waals surface area contributed by atoms with Gasteiger partial charge in [-0.3, -0.25) is 0 Å². The van der Waals surface area contributed by atoms with E-state index in [1.54, 1.807) is 4.90 Å². The average Bonchev–Trinajstić information content (AvgIpc) is 1.99. The predicted octanol–water partition coefficient (Wildman–Crippen LogP) is -1.07. The summed E-state index contributed by atoms with van der Waals surface area (Å²) in [5, 5.41) is 0. The van der Waals surface area contributed by atoms with Crippen molar-refractivity contribution in [2.45, 2.75) is 33.2 Å². The molecular weight excluding hydrogens is 124 g/mol. The van der Waals surface area contributed by atoms with Crippen LogP contribution in [0.1, 0.15) is 27.2 Å². The monoisotopic (exact) mass is 146 g/mol. The number of rotatable bonds is 5. The van der Waals surface area contributed by atoms with Crippen LogP contribution in [0.3, 0.4) is 0 Å². The highest BCUT2D eigenvalue weighted by Gasteiger charge is 2.10. The predicted molar refractivity (Wildman–Crippen MR) is 43.9 cm³/mol. The molecule has 62 valence electrons. The molecule has 0 amide bonds. The zero-order valence-electron chi connectivity index (χ0n) is 7.61. The fraction of sp³-hybridized carbons (Fsp3) is 1.00. The third-order valence-corrected chi connectivity index (χ3v) is 2.15. The first-order valence-electron chi connectivity index (χ1n) is 4.41. The second-order valence-electron chi connectivity index (χ2n) is 2.94. The van der Waals surface area contributed by atoms with Crippen LogP contribution in [0.15, 0.2) is 0 Å². The lowest BCUT2D eigenvalue weighted by Gasteiger charge is -2.16. The van der Waals surface area contributed by atoms with Gasteiger partial charge in [-0.1, -0.05) is 6.92 Å². The molecule has 0 rings (SSSR count). The Bertz CT molecular complexity index is 69.7. The molecule has 1 atom stereocenters. The maximum atomic E-state index is 4.07. The molecule has 0 saturated heterocycles. The van der Waals surface area contributed by atoms with Crippen LogP contribution in [0.25, 0.3) is 0 Å². The summed E-state index contributed by atoms with van der Waals surface area (Å²) in [5.74, 6) is 0. The van der Waals surface area contributed by atoms with Gasteiger partial charge in [0.15, 0.2) is 0 Å². The maximum Gasteiger partial charge on any atom is 0.134 e. The van der Waals surface area contributed by atoms with E-state index in [1.165, 1.54) is 26.1 Å². The van der Waals surface area contributed by atoms with Gasteiger partial charge in [0.1, 0.15) is 12.6 Å². The number of likely N-dealkylation sites (N-methyl/N-ethyl adjacent to an activating group) is 1. The third-order valence-electron chi connectivity index (χ3n) is 2.15. The highest BCUT2D eigenvalue weighted by Crippen LogP contribution is 1.75. The fourth-order valence-electron chi connectivity index (χ4n) is 1.09. The van der Waals surface area contributed by atoms with Gasteiger partial charge in [-0.25, -0.2) is 0 Å². The summed E-state index contributed by atoms with van der Waals surface area (Å²) in [6.45, 7) is 10.4. The molecule has 0 aromatic heterocycles. The molecule has 0 spiro atoms. The molecule has 4 N–H and O–H groups in total. The Balaban J connectivity index is 3.41. The normalized spacial score (nSPS) is 14.1. The molecular formula is C8H22N2+2. The van der Waals surface area contributed by atoms with E-state index in [0.29, 0.717) is 6.04 Å². The minimum atomic E-state index is 0.648. The van der Waals surface area contributed by atoms with Crippen LogP contribution in [0.4, 0.5) is 0 Å². The molecule has 0 unspecified atom stereocenters. The summed E-state index contributed by atoms with van der Waals surface area (Å²) < 4.78 is 0. The minimum absolute atomic E-state index is 0.648. The van der Waals surface area contributed by atoms with Gasteiger partial charge in [-0.15, -0.1) is 0 Å². The lowest BCUT2D eigenvalue weighted by molar-refractivity contribution is -0.905. The van der Waals surface area contributed by atoms with Gasteiger partial charge in [0, 0.05) is 6.42 Å². The largest absolute Gasteiger partial charge is 0.350 e. The van der Waals surface area contributed by atoms with Gasteiger partial charge in [-0.2, -0.15) is 0 Å². The summed E-state index contributed by atoms with van der Waals surface area (Å²) in [4.78, 5) is 1.67. The molecule has 0 bridgehead atoms. The summed E-state index contributed by atoms with van der Waals surface area (Å²) >= 11 is 0. The lowest BCUT2D eigenvalue weighted by Crippen LogP contribution is -3.13. The summed E-state index contributed by atoms with van der Waals surface area (Å²) in [7, 11) is 0. The maximum absolute atomic E-state index is 4.07. The number of hydrogen-bond donors (Lipinski definition) is 2. The van der Waals surface area contributed by atoms with Gasteiger partial charge in [0.2, 0.25) is 0 Å². The molecule has 0 aliphatic rings. The van der Waals surface area contributed by atoms with Crippen molar-refractivity contribution in [3.63, 3.8) is 0 Å². The van der Waals surface area contributed by atoms with Gasteiger partial charge >= 0.3 is 0 Å². The Hall–Kier alpha value is -0.0800. The number of hydrogen-bond acceptors (Lipinski definition) is 0. The van der Waals surface area contributed by atoms with E-state index in [2.05, 4.69) is 26.5 Å². The highest BCUT2D eigenvalue weighted by atomic mass is 15.1. The van der Waals surface area contributed by atoms with Crippen molar-refractivity contribution in [1.29, 1.82) is 0 Å². The molecule has 2 nitrogen and oxygen atoms in total. The van der Waals surface area contributed by atoms with E-state index < -0.39 is 0 Å². The summed E-state index contributed by atoms with van der Waals surface area (Å²) in [6.07, 6.45) is 1.21. The van der Waals surface area contributed by atoms with E-state index in [9.17, 15) is 0 Å². The van der Waals surface area contributed by atoms with Crippen LogP contribution in [0.5, 0.6) is 0 Å². The zero-order chi connectivity index (χ0) is 7.98. The number of quaternary nitrogens is 2. The van der Waals surface area contributed by atoms with Crippen molar-refractivity contribution in [1.82, 2.24) is 0 Å². The highest BCUT2D eigenvalue weighted by molar-refractivity contribution is 4.43. The second kappa shape index (κ2) is 5.69. The first kappa shape index (κ1) is 9.92. The van der Waals surface area contributed by atoms with E-state index in [4.69, 9.17) is 0 Å². The van der Waals surface area contributed by atoms with Gasteiger partial charge in [-0.05, 0) is 13.8 Å². The van der Waals surface area contributed by atoms with Crippen LogP contribution in [0, 0.1) is 0 Å². The van der Waals surface area contributed by atoms with Crippen molar-refractivity contribution in [2.75, 3.05) is 19.6 Å². The lowest BCUT2D eigenvalue weighted by atomic mass is 10.2. The Morgan fingerprint density at radius 2 is 1.70 bits per heavy atom. The van der Waals surface area contributed by atoms with Crippen LogP contribution in [-0.2, 0) is 0 Å². The molecule has 0 radical (unpaired) electrons. The number of nitrogens with one attached hydrogen (secondary N) is 1. The molecule has 2 heteroatoms. The van der Waals surface area contributed by atoms with Crippen molar-refractivity contribution < 1.29 is 10.6 Å². The zero-order valence-corrected chi connectivity index (χ0v) is 7.61. The molecule has 0 aliphatic heterocycles. The Kier molecular flexibility index (Phi) is 5.64. The molecule has 0 aromatic carbocycles. The summed E-state index contributed by atoms with van der Waals surface area (Å²) in [5.41, 5.74) is 4.07. The smallest absolute Gasteiger partial charge is 0.134 e. The van der Waals surface area contributed by atoms with Crippen LogP contribution < -0.4 is 10.6 Å². The molecule has 0 heterocycles. The first-order valence-corrected chi connectivity index (χ1v) is 4.41. The molecule has 0 aliphatic carbocycles. The quantitative estimate of drug-likeness (QED) is 0.495.